The first-order valence-corrected chi connectivity index (χ1v) is 4.03. The molecule has 1 nitrogen and oxygen atoms in total. The van der Waals surface area contributed by atoms with Crippen LogP contribution in [0.4, 0.5) is 4.39 Å². The van der Waals surface area contributed by atoms with E-state index in [0.29, 0.717) is 11.3 Å². The molecule has 0 spiro atoms. The van der Waals surface area contributed by atoms with Gasteiger partial charge in [-0.25, -0.2) is 4.39 Å². The zero-order valence-electron chi connectivity index (χ0n) is 8.39. The van der Waals surface area contributed by atoms with Gasteiger partial charge in [-0.15, -0.1) is 0 Å². The molecule has 0 radical (unpaired) electrons. The van der Waals surface area contributed by atoms with Crippen molar-refractivity contribution in [1.29, 1.82) is 0 Å². The summed E-state index contributed by atoms with van der Waals surface area (Å²) in [5.74, 6) is -0.525. The summed E-state index contributed by atoms with van der Waals surface area (Å²) >= 11 is 0. The van der Waals surface area contributed by atoms with Crippen LogP contribution in [0.15, 0.2) is 66.1 Å². The van der Waals surface area contributed by atoms with Crippen LogP contribution in [-0.2, 0) is 0 Å². The van der Waals surface area contributed by atoms with E-state index in [0.717, 1.165) is 5.57 Å². The van der Waals surface area contributed by atoms with Crippen molar-refractivity contribution >= 4 is 6.21 Å². The van der Waals surface area contributed by atoms with Gasteiger partial charge in [-0.1, -0.05) is 32.4 Å². The average Bonchev–Trinajstić information content (AvgIpc) is 2.09. The Hall–Kier alpha value is -1.70. The molecule has 0 unspecified atom stereocenters. The lowest BCUT2D eigenvalue weighted by Gasteiger charge is -1.97. The van der Waals surface area contributed by atoms with Crippen molar-refractivity contribution < 1.29 is 4.39 Å². The normalized spacial score (nSPS) is 10.7. The summed E-state index contributed by atoms with van der Waals surface area (Å²) in [5.41, 5.74) is 1.84. The van der Waals surface area contributed by atoms with Crippen LogP contribution >= 0.6 is 0 Å². The monoisotopic (exact) mass is 191 g/mol. The van der Waals surface area contributed by atoms with E-state index in [-0.39, 0.29) is 0 Å². The molecular weight excluding hydrogens is 177 g/mol. The van der Waals surface area contributed by atoms with Crippen LogP contribution in [0.3, 0.4) is 0 Å². The number of aliphatic imine (C=N–C) groups is 1. The van der Waals surface area contributed by atoms with Crippen LogP contribution in [0.5, 0.6) is 0 Å². The molecule has 0 fully saturated rings. The molecule has 0 heterocycles. The van der Waals surface area contributed by atoms with E-state index in [1.54, 1.807) is 6.21 Å². The van der Waals surface area contributed by atoms with Gasteiger partial charge in [0.15, 0.2) is 0 Å². The van der Waals surface area contributed by atoms with Crippen molar-refractivity contribution in [3.05, 3.63) is 61.1 Å². The summed E-state index contributed by atoms with van der Waals surface area (Å²) in [7, 11) is 0. The van der Waals surface area contributed by atoms with Gasteiger partial charge in [0.25, 0.3) is 0 Å². The second-order valence-electron chi connectivity index (χ2n) is 2.86. The maximum Gasteiger partial charge on any atom is 0.116 e. The van der Waals surface area contributed by atoms with Gasteiger partial charge in [0.05, 0.1) is 5.70 Å². The summed E-state index contributed by atoms with van der Waals surface area (Å²) in [4.78, 5) is 3.98. The van der Waals surface area contributed by atoms with Crippen molar-refractivity contribution in [1.82, 2.24) is 0 Å². The van der Waals surface area contributed by atoms with Crippen LogP contribution in [0.25, 0.3) is 0 Å². The second kappa shape index (κ2) is 5.86. The van der Waals surface area contributed by atoms with Gasteiger partial charge < -0.3 is 0 Å². The van der Waals surface area contributed by atoms with E-state index in [2.05, 4.69) is 31.3 Å². The molecule has 0 aromatic heterocycles. The first kappa shape index (κ1) is 12.3. The minimum atomic E-state index is -0.525. The van der Waals surface area contributed by atoms with Gasteiger partial charge in [-0.3, -0.25) is 4.99 Å². The van der Waals surface area contributed by atoms with Gasteiger partial charge in [-0.2, -0.15) is 0 Å². The maximum atomic E-state index is 12.2. The van der Waals surface area contributed by atoms with Crippen molar-refractivity contribution in [3.8, 4) is 0 Å². The first-order chi connectivity index (χ1) is 6.43. The van der Waals surface area contributed by atoms with Crippen LogP contribution in [-0.4, -0.2) is 6.21 Å². The molecule has 0 aliphatic heterocycles. The average molecular weight is 191 g/mol. The predicted octanol–water partition coefficient (Wildman–Crippen LogP) is 3.74. The lowest BCUT2D eigenvalue weighted by atomic mass is 10.2. The molecule has 0 rings (SSSR count). The topological polar surface area (TPSA) is 12.4 Å². The fourth-order valence-electron chi connectivity index (χ4n) is 0.558. The van der Waals surface area contributed by atoms with E-state index < -0.39 is 5.83 Å². The molecule has 0 amide bonds. The van der Waals surface area contributed by atoms with Gasteiger partial charge in [-0.05, 0) is 24.1 Å². The maximum absolute atomic E-state index is 12.2. The van der Waals surface area contributed by atoms with E-state index >= 15 is 0 Å². The number of halogens is 1. The van der Waals surface area contributed by atoms with Crippen LogP contribution in [0.1, 0.15) is 6.92 Å². The van der Waals surface area contributed by atoms with Gasteiger partial charge in [0, 0.05) is 6.21 Å². The molecule has 0 saturated heterocycles. The molecular formula is C12H14FN. The Bertz CT molecular complexity index is 298. The van der Waals surface area contributed by atoms with Crippen LogP contribution in [0, 0.1) is 0 Å². The fraction of sp³-hybridized carbons (Fsp3) is 0.0833. The Kier molecular flexibility index (Phi) is 5.15. The zero-order valence-corrected chi connectivity index (χ0v) is 8.39. The minimum absolute atomic E-state index is 0.477. The fourth-order valence-corrected chi connectivity index (χ4v) is 0.558. The smallest absolute Gasteiger partial charge is 0.116 e. The number of nitrogens with zero attached hydrogens (tertiary/aromatic N) is 1. The van der Waals surface area contributed by atoms with Crippen molar-refractivity contribution in [3.63, 3.8) is 0 Å². The van der Waals surface area contributed by atoms with E-state index in [1.807, 2.05) is 6.92 Å². The summed E-state index contributed by atoms with van der Waals surface area (Å²) in [6.07, 6.45) is 4.26. The Morgan fingerprint density at radius 2 is 1.71 bits per heavy atom. The summed E-state index contributed by atoms with van der Waals surface area (Å²) < 4.78 is 12.2. The third-order valence-electron chi connectivity index (χ3n) is 1.28. The highest BCUT2D eigenvalue weighted by Gasteiger charge is 1.92. The minimum Gasteiger partial charge on any atom is -0.257 e. The SMILES string of the molecule is C=C(C)C=NC(=C)C(=C)/C=C\C(=C)F. The molecule has 0 aliphatic carbocycles. The lowest BCUT2D eigenvalue weighted by molar-refractivity contribution is 0.671. The molecule has 74 valence electrons. The Morgan fingerprint density at radius 1 is 1.14 bits per heavy atom. The molecule has 0 atom stereocenters. The zero-order chi connectivity index (χ0) is 11.1. The first-order valence-electron chi connectivity index (χ1n) is 4.03. The number of allylic oxidation sites excluding steroid dienone is 4. The molecule has 0 aromatic carbocycles. The molecule has 14 heavy (non-hydrogen) atoms. The molecule has 0 N–H and O–H groups in total. The molecule has 0 saturated carbocycles. The molecule has 0 aromatic rings. The Balaban J connectivity index is 4.35. The van der Waals surface area contributed by atoms with E-state index in [4.69, 9.17) is 0 Å². The standard InChI is InChI=1S/C12H14FN/c1-9(2)8-14-12(5)10(3)6-7-11(4)13/h6-8H,1,3-5H2,2H3/b7-6-,14-8?. The third kappa shape index (κ3) is 5.89. The lowest BCUT2D eigenvalue weighted by Crippen LogP contribution is -1.81. The Morgan fingerprint density at radius 3 is 2.14 bits per heavy atom. The third-order valence-corrected chi connectivity index (χ3v) is 1.28. The van der Waals surface area contributed by atoms with Crippen molar-refractivity contribution in [2.75, 3.05) is 0 Å². The van der Waals surface area contributed by atoms with Crippen molar-refractivity contribution in [2.24, 2.45) is 4.99 Å². The highest BCUT2D eigenvalue weighted by atomic mass is 19.1. The second-order valence-corrected chi connectivity index (χ2v) is 2.86. The van der Waals surface area contributed by atoms with Crippen LogP contribution in [0.2, 0.25) is 0 Å². The van der Waals surface area contributed by atoms with Crippen LogP contribution < -0.4 is 0 Å². The van der Waals surface area contributed by atoms with E-state index in [9.17, 15) is 4.39 Å². The number of hydrogen-bond acceptors (Lipinski definition) is 1. The van der Waals surface area contributed by atoms with Crippen molar-refractivity contribution in [2.45, 2.75) is 6.92 Å². The number of rotatable bonds is 5. The summed E-state index contributed by atoms with van der Waals surface area (Å²) in [5, 5.41) is 0. The Labute approximate surface area is 84.4 Å². The summed E-state index contributed by atoms with van der Waals surface area (Å²) in [6.45, 7) is 15.9. The van der Waals surface area contributed by atoms with Gasteiger partial charge >= 0.3 is 0 Å². The highest BCUT2D eigenvalue weighted by Crippen LogP contribution is 2.09. The van der Waals surface area contributed by atoms with E-state index in [1.165, 1.54) is 12.2 Å². The number of hydrogen-bond donors (Lipinski definition) is 0. The molecule has 0 bridgehead atoms. The summed E-state index contributed by atoms with van der Waals surface area (Å²) in [6, 6.07) is 0. The van der Waals surface area contributed by atoms with Gasteiger partial charge in [0.1, 0.15) is 5.83 Å². The quantitative estimate of drug-likeness (QED) is 0.463. The molecule has 2 heteroatoms. The highest BCUT2D eigenvalue weighted by molar-refractivity contribution is 5.78. The predicted molar refractivity (Wildman–Crippen MR) is 61.0 cm³/mol. The largest absolute Gasteiger partial charge is 0.257 e. The van der Waals surface area contributed by atoms with Gasteiger partial charge in [0.2, 0.25) is 0 Å². The molecule has 0 aliphatic rings.